The number of nitrogens with one attached hydrogen (secondary N) is 4. The number of hydroxylamine groups is 1. The molecule has 16 nitrogen and oxygen atoms in total. The van der Waals surface area contributed by atoms with Crippen LogP contribution in [0.2, 0.25) is 0 Å². The molecule has 79 heavy (non-hydrogen) atoms. The predicted octanol–water partition coefficient (Wildman–Crippen LogP) is 9.50. The number of ether oxygens (including phenoxy) is 2. The van der Waals surface area contributed by atoms with Gasteiger partial charge in [0.2, 0.25) is 0 Å². The molecule has 3 aromatic heterocycles. The third kappa shape index (κ3) is 12.1. The summed E-state index contributed by atoms with van der Waals surface area (Å²) in [6.45, 7) is 14.4. The molecule has 1 spiro atoms. The number of aromatic nitrogens is 3. The highest BCUT2D eigenvalue weighted by Crippen LogP contribution is 2.54. The van der Waals surface area contributed by atoms with E-state index in [1.807, 2.05) is 6.92 Å². The van der Waals surface area contributed by atoms with E-state index in [0.29, 0.717) is 51.0 Å². The van der Waals surface area contributed by atoms with Crippen molar-refractivity contribution in [2.75, 3.05) is 56.6 Å². The number of rotatable bonds is 17. The highest BCUT2D eigenvalue weighted by Gasteiger charge is 2.51. The molecule has 2 saturated carbocycles. The second kappa shape index (κ2) is 22.7. The number of nitrogens with zero attached hydrogens (tertiary/aromatic N) is 5. The van der Waals surface area contributed by atoms with Crippen LogP contribution in [0.15, 0.2) is 90.1 Å². The van der Waals surface area contributed by atoms with E-state index in [0.717, 1.165) is 69.1 Å². The summed E-state index contributed by atoms with van der Waals surface area (Å²) >= 11 is 0. The maximum absolute atomic E-state index is 15.0. The molecule has 422 valence electrons. The lowest BCUT2D eigenvalue weighted by molar-refractivity contribution is -0.751. The topological polar surface area (TPSA) is 193 Å². The van der Waals surface area contributed by atoms with Crippen molar-refractivity contribution in [1.82, 2.24) is 29.5 Å². The van der Waals surface area contributed by atoms with Crippen LogP contribution in [-0.4, -0.2) is 108 Å². The third-order valence-corrected chi connectivity index (χ3v) is 18.3. The van der Waals surface area contributed by atoms with Crippen molar-refractivity contribution in [3.63, 3.8) is 0 Å². The van der Waals surface area contributed by atoms with E-state index < -0.39 is 48.9 Å². The van der Waals surface area contributed by atoms with Crippen molar-refractivity contribution in [3.8, 4) is 17.4 Å². The Bertz CT molecular complexity index is 3300. The van der Waals surface area contributed by atoms with Gasteiger partial charge >= 0.3 is 0 Å². The van der Waals surface area contributed by atoms with Crippen molar-refractivity contribution in [1.29, 1.82) is 0 Å². The molecule has 2 aliphatic carbocycles. The summed E-state index contributed by atoms with van der Waals surface area (Å²) in [6.07, 6.45) is 9.00. The summed E-state index contributed by atoms with van der Waals surface area (Å²) in [7, 11) is -3.31. The molecule has 2 aliphatic heterocycles. The minimum atomic E-state index is -4.62. The molecule has 20 heteroatoms. The zero-order valence-corrected chi connectivity index (χ0v) is 46.6. The number of aromatic amines is 1. The molecule has 6 aromatic rings. The number of piperazine rings is 1. The van der Waals surface area contributed by atoms with Crippen molar-refractivity contribution in [2.45, 2.75) is 127 Å². The Labute approximate surface area is 460 Å². The molecule has 0 radical (unpaired) electrons. The first-order valence-corrected chi connectivity index (χ1v) is 29.1. The van der Waals surface area contributed by atoms with Gasteiger partial charge in [-0.15, -0.1) is 0 Å². The number of fused-ring (bicyclic) bond motifs is 1. The molecule has 4 fully saturated rings. The predicted molar refractivity (Wildman–Crippen MR) is 297 cm³/mol. The molecule has 0 bridgehead atoms. The van der Waals surface area contributed by atoms with E-state index in [1.54, 1.807) is 25.1 Å². The minimum Gasteiger partial charge on any atom is -0.629 e. The highest BCUT2D eigenvalue weighted by molar-refractivity contribution is 7.90. The SMILES string of the molecule is CCOc1nc2[nH]cc(F)c2cc1Oc1cc(N2CCC3(CC2)CC(N2C[C@H](C)N(Cc4ccc(F)c(F)c4)C[C@H]2c2ccccc2C(C)C)C3)ccc1C(=O)NS(=O)(=O)c1cnc(NCC2CCC(C)(O)CC2)c([NH+](C)[O-])c1. The number of quaternary nitrogens is 1. The first-order valence-electron chi connectivity index (χ1n) is 27.6. The summed E-state index contributed by atoms with van der Waals surface area (Å²) in [4.78, 5) is 32.8. The molecule has 5 heterocycles. The van der Waals surface area contributed by atoms with Crippen molar-refractivity contribution in [3.05, 3.63) is 130 Å². The Morgan fingerprint density at radius 2 is 1.71 bits per heavy atom. The second-order valence-corrected chi connectivity index (χ2v) is 24.7. The number of hydrogen-bond donors (Lipinski definition) is 5. The van der Waals surface area contributed by atoms with Crippen LogP contribution in [0.3, 0.4) is 0 Å². The highest BCUT2D eigenvalue weighted by atomic mass is 32.2. The number of piperidine rings is 1. The molecule has 5 N–H and O–H groups in total. The maximum Gasteiger partial charge on any atom is 0.268 e. The fourth-order valence-corrected chi connectivity index (χ4v) is 13.3. The van der Waals surface area contributed by atoms with Gasteiger partial charge in [-0.05, 0) is 130 Å². The van der Waals surface area contributed by atoms with Gasteiger partial charge in [-0.1, -0.05) is 44.2 Å². The smallest absolute Gasteiger partial charge is 0.268 e. The molecule has 10 rings (SSSR count). The van der Waals surface area contributed by atoms with E-state index in [1.165, 1.54) is 54.7 Å². The van der Waals surface area contributed by atoms with Gasteiger partial charge in [-0.3, -0.25) is 14.6 Å². The van der Waals surface area contributed by atoms with Crippen LogP contribution in [0, 0.1) is 34.0 Å². The van der Waals surface area contributed by atoms with Crippen molar-refractivity contribution >= 4 is 44.2 Å². The molecule has 2 saturated heterocycles. The van der Waals surface area contributed by atoms with Crippen LogP contribution < -0.4 is 29.5 Å². The number of H-pyrrole nitrogens is 1. The molecular weight excluding hydrogens is 1040 g/mol. The number of pyridine rings is 2. The average molecular weight is 1110 g/mol. The number of carbonyl (C=O) groups excluding carboxylic acids is 1. The van der Waals surface area contributed by atoms with Gasteiger partial charge in [0, 0.05) is 87.5 Å². The number of anilines is 2. The number of sulfonamides is 1. The summed E-state index contributed by atoms with van der Waals surface area (Å²) < 4.78 is 85.9. The van der Waals surface area contributed by atoms with E-state index in [4.69, 9.17) is 9.47 Å². The number of halogens is 3. The van der Waals surface area contributed by atoms with Crippen LogP contribution >= 0.6 is 0 Å². The zero-order valence-electron chi connectivity index (χ0n) is 45.8. The zero-order chi connectivity index (χ0) is 56.0. The molecule has 4 aliphatic rings. The van der Waals surface area contributed by atoms with Crippen LogP contribution in [-0.2, 0) is 16.6 Å². The first-order chi connectivity index (χ1) is 37.7. The van der Waals surface area contributed by atoms with Crippen molar-refractivity contribution in [2.24, 2.45) is 11.3 Å². The monoisotopic (exact) mass is 1110 g/mol. The Balaban J connectivity index is 0.871. The van der Waals surface area contributed by atoms with Gasteiger partial charge in [-0.25, -0.2) is 31.3 Å². The Morgan fingerprint density at radius 3 is 2.42 bits per heavy atom. The van der Waals surface area contributed by atoms with E-state index in [-0.39, 0.29) is 75.5 Å². The molecule has 1 amide bonds. The lowest BCUT2D eigenvalue weighted by Gasteiger charge is -2.59. The van der Waals surface area contributed by atoms with Gasteiger partial charge in [0.1, 0.15) is 22.1 Å². The fraction of sp³-hybridized carbons (Fsp3) is 0.475. The Hall–Kier alpha value is -6.29. The van der Waals surface area contributed by atoms with E-state index >= 15 is 4.39 Å². The molecule has 1 unspecified atom stereocenters. The van der Waals surface area contributed by atoms with Crippen molar-refractivity contribution < 1.29 is 46.0 Å². The fourth-order valence-electron chi connectivity index (χ4n) is 12.4. The number of carbonyl (C=O) groups is 1. The van der Waals surface area contributed by atoms with Gasteiger partial charge in [0.15, 0.2) is 28.9 Å². The molecule has 3 aromatic carbocycles. The number of aliphatic hydroxyl groups is 1. The quantitative estimate of drug-likeness (QED) is 0.0543. The maximum atomic E-state index is 15.0. The average Bonchev–Trinajstić information content (AvgIpc) is 3.96. The number of amides is 1. The Kier molecular flexibility index (Phi) is 16.1. The van der Waals surface area contributed by atoms with Crippen LogP contribution in [0.5, 0.6) is 17.4 Å². The van der Waals surface area contributed by atoms with E-state index in [2.05, 4.69) is 84.7 Å². The first kappa shape index (κ1) is 56.0. The standard InChI is InChI=1S/C59H72F3N9O7S/c1-7-77-57-53(27-46-49(62)32-65-54(46)66-57)78-52-25-40(13-14-45(52)56(72)67-79(75,76)42-26-50(68(6)74)55(64-31-42)63-30-38-16-18-58(5,73)19-17-38)69-22-20-59(21-23-69)28-41(29-59)71-33-37(4)70(34-39-12-15-47(60)48(61)24-39)35-51(71)44-11-9-8-10-43(44)36(2)3/h8-15,24-27,31-32,36-38,41,51,68,73H,7,16-23,28-30,33-35H2,1-6H3,(H,63,64)(H,65,66)(H,67,72)/t37-,38?,51-,58?/m0/s1. The summed E-state index contributed by atoms with van der Waals surface area (Å²) in [5.41, 5.74) is 3.61. The van der Waals surface area contributed by atoms with Gasteiger partial charge < -0.3 is 40.1 Å². The lowest BCUT2D eigenvalue weighted by atomic mass is 9.59. The summed E-state index contributed by atoms with van der Waals surface area (Å²) in [6, 6.07) is 21.0. The number of benzene rings is 3. The minimum absolute atomic E-state index is 0.00540. The largest absolute Gasteiger partial charge is 0.629 e. The molecule has 3 atom stereocenters. The Morgan fingerprint density at radius 1 is 0.962 bits per heavy atom. The summed E-state index contributed by atoms with van der Waals surface area (Å²) in [5.74, 6) is -2.51. The van der Waals surface area contributed by atoms with Gasteiger partial charge in [0.05, 0.1) is 36.4 Å². The van der Waals surface area contributed by atoms with E-state index in [9.17, 15) is 32.3 Å². The molecular formula is C59H72F3N9O7S. The number of hydrogen-bond acceptors (Lipinski definition) is 13. The second-order valence-electron chi connectivity index (χ2n) is 23.0. The van der Waals surface area contributed by atoms with Crippen LogP contribution in [0.25, 0.3) is 11.0 Å². The third-order valence-electron chi connectivity index (χ3n) is 17.0. The van der Waals surface area contributed by atoms with Gasteiger partial charge in [0.25, 0.3) is 21.8 Å². The lowest BCUT2D eigenvalue weighted by Crippen LogP contribution is -2.98. The summed E-state index contributed by atoms with van der Waals surface area (Å²) in [5, 5.41) is 26.2. The van der Waals surface area contributed by atoms with Crippen LogP contribution in [0.4, 0.5) is 30.4 Å². The van der Waals surface area contributed by atoms with Gasteiger partial charge in [-0.2, -0.15) is 4.98 Å². The van der Waals surface area contributed by atoms with Crippen LogP contribution in [0.1, 0.15) is 125 Å². The normalized spacial score (nSPS) is 22.5.